The van der Waals surface area contributed by atoms with Crippen molar-refractivity contribution in [2.75, 3.05) is 13.1 Å². The van der Waals surface area contributed by atoms with Crippen molar-refractivity contribution in [1.29, 1.82) is 0 Å². The fraction of sp³-hybridized carbons (Fsp3) is 0.233. The van der Waals surface area contributed by atoms with Gasteiger partial charge in [0.15, 0.2) is 0 Å². The van der Waals surface area contributed by atoms with Gasteiger partial charge in [0.1, 0.15) is 0 Å². The first-order valence-electron chi connectivity index (χ1n) is 13.0. The number of benzene rings is 3. The number of nitrogens with two attached hydrogens (primary N) is 1. The zero-order valence-corrected chi connectivity index (χ0v) is 22.3. The Balaban J connectivity index is 1.92. The molecule has 0 aliphatic heterocycles. The molecule has 0 spiro atoms. The Morgan fingerprint density at radius 3 is 1.80 bits per heavy atom. The summed E-state index contributed by atoms with van der Waals surface area (Å²) in [4.78, 5) is 63.0. The molecular formula is C30H33N5O5. The van der Waals surface area contributed by atoms with Crippen LogP contribution in [0.4, 0.5) is 0 Å². The van der Waals surface area contributed by atoms with Crippen molar-refractivity contribution < 1.29 is 24.0 Å². The number of hydrogen-bond donors (Lipinski definition) is 3. The normalized spacial score (nSPS) is 10.7. The van der Waals surface area contributed by atoms with Crippen molar-refractivity contribution in [2.24, 2.45) is 5.73 Å². The van der Waals surface area contributed by atoms with Crippen molar-refractivity contribution in [3.05, 3.63) is 108 Å². The van der Waals surface area contributed by atoms with E-state index in [0.717, 1.165) is 21.3 Å². The molecule has 5 amide bonds. The first kappa shape index (κ1) is 29.7. The second-order valence-electron chi connectivity index (χ2n) is 9.08. The molecule has 3 aromatic carbocycles. The Labute approximate surface area is 233 Å². The highest BCUT2D eigenvalue weighted by Gasteiger charge is 2.32. The van der Waals surface area contributed by atoms with Crippen LogP contribution in [0, 0.1) is 0 Å². The molecule has 4 N–H and O–H groups in total. The Morgan fingerprint density at radius 2 is 1.30 bits per heavy atom. The first-order chi connectivity index (χ1) is 19.3. The molecule has 208 valence electrons. The summed E-state index contributed by atoms with van der Waals surface area (Å²) in [7, 11) is 0. The number of carbonyl (C=O) groups excluding carboxylic acids is 5. The maximum Gasteiger partial charge on any atom is 0.328 e. The van der Waals surface area contributed by atoms with Crippen LogP contribution in [0.25, 0.3) is 0 Å². The molecule has 10 heteroatoms. The van der Waals surface area contributed by atoms with Crippen LogP contribution in [0.2, 0.25) is 0 Å². The van der Waals surface area contributed by atoms with Crippen LogP contribution in [-0.4, -0.2) is 52.8 Å². The third kappa shape index (κ3) is 8.60. The summed E-state index contributed by atoms with van der Waals surface area (Å²) < 4.78 is 0. The summed E-state index contributed by atoms with van der Waals surface area (Å²) >= 11 is 0. The van der Waals surface area contributed by atoms with E-state index in [1.807, 2.05) is 67.6 Å². The van der Waals surface area contributed by atoms with E-state index in [9.17, 15) is 24.0 Å². The Hall–Kier alpha value is -4.83. The van der Waals surface area contributed by atoms with Crippen LogP contribution in [0.5, 0.6) is 0 Å². The van der Waals surface area contributed by atoms with E-state index in [1.54, 1.807) is 30.3 Å². The standard InChI is InChI=1S/C30H33N5O5/c1-2-3-19-34(30(40)29(39)32-26(36)20-22-13-7-4-8-14-22)35(33-28(38)27(31)37)21-25(23-15-9-5-10-16-23)24-17-11-6-12-18-24/h4-18,25H,2-3,19-21H2,1H3,(H2,31,37)(H,33,38)(H,32,36,39). The van der Waals surface area contributed by atoms with Gasteiger partial charge in [-0.05, 0) is 23.1 Å². The monoisotopic (exact) mass is 543 g/mol. The van der Waals surface area contributed by atoms with E-state index >= 15 is 0 Å². The van der Waals surface area contributed by atoms with Gasteiger partial charge < -0.3 is 5.73 Å². The predicted molar refractivity (Wildman–Crippen MR) is 149 cm³/mol. The number of imide groups is 1. The van der Waals surface area contributed by atoms with Crippen LogP contribution >= 0.6 is 0 Å². The number of hydrogen-bond acceptors (Lipinski definition) is 6. The van der Waals surface area contributed by atoms with Gasteiger partial charge >= 0.3 is 23.6 Å². The SMILES string of the molecule is CCCCN(C(=O)C(=O)NC(=O)Cc1ccccc1)N(CC(c1ccccc1)c1ccccc1)NC(=O)C(N)=O. The second-order valence-corrected chi connectivity index (χ2v) is 9.08. The topological polar surface area (TPSA) is 142 Å². The summed E-state index contributed by atoms with van der Waals surface area (Å²) in [5, 5.41) is 4.30. The van der Waals surface area contributed by atoms with Crippen LogP contribution < -0.4 is 16.5 Å². The van der Waals surface area contributed by atoms with Gasteiger partial charge in [-0.1, -0.05) is 104 Å². The average Bonchev–Trinajstić information content (AvgIpc) is 2.96. The summed E-state index contributed by atoms with van der Waals surface area (Å²) in [6.45, 7) is 1.91. The van der Waals surface area contributed by atoms with Crippen LogP contribution in [0.1, 0.15) is 42.4 Å². The largest absolute Gasteiger partial charge is 0.361 e. The summed E-state index contributed by atoms with van der Waals surface area (Å²) in [5.74, 6) is -5.68. The molecule has 0 radical (unpaired) electrons. The molecule has 0 aromatic heterocycles. The molecule has 10 nitrogen and oxygen atoms in total. The van der Waals surface area contributed by atoms with Crippen LogP contribution in [0.15, 0.2) is 91.0 Å². The molecule has 40 heavy (non-hydrogen) atoms. The smallest absolute Gasteiger partial charge is 0.328 e. The van der Waals surface area contributed by atoms with Gasteiger partial charge in [-0.2, -0.15) is 0 Å². The highest BCUT2D eigenvalue weighted by atomic mass is 16.2. The summed E-state index contributed by atoms with van der Waals surface area (Å²) in [6.07, 6.45) is 1.04. The molecule has 0 atom stereocenters. The lowest BCUT2D eigenvalue weighted by molar-refractivity contribution is -0.168. The number of nitrogens with zero attached hydrogens (tertiary/aromatic N) is 2. The molecule has 3 rings (SSSR count). The second kappa shape index (κ2) is 14.9. The zero-order valence-electron chi connectivity index (χ0n) is 22.3. The van der Waals surface area contributed by atoms with E-state index in [-0.39, 0.29) is 25.4 Å². The molecular weight excluding hydrogens is 510 g/mol. The lowest BCUT2D eigenvalue weighted by Gasteiger charge is -2.36. The highest BCUT2D eigenvalue weighted by molar-refractivity contribution is 6.37. The third-order valence-corrected chi connectivity index (χ3v) is 6.12. The van der Waals surface area contributed by atoms with Crippen molar-refractivity contribution in [3.63, 3.8) is 0 Å². The molecule has 0 aliphatic rings. The first-order valence-corrected chi connectivity index (χ1v) is 13.0. The van der Waals surface area contributed by atoms with Gasteiger partial charge in [0.05, 0.1) is 13.0 Å². The van der Waals surface area contributed by atoms with E-state index in [2.05, 4.69) is 10.7 Å². The highest BCUT2D eigenvalue weighted by Crippen LogP contribution is 2.26. The zero-order chi connectivity index (χ0) is 28.9. The van der Waals surface area contributed by atoms with E-state index in [0.29, 0.717) is 18.4 Å². The minimum absolute atomic E-state index is 0.0201. The molecule has 0 saturated carbocycles. The fourth-order valence-electron chi connectivity index (χ4n) is 4.09. The summed E-state index contributed by atoms with van der Waals surface area (Å²) in [5.41, 5.74) is 10.0. The Bertz CT molecular complexity index is 1260. The van der Waals surface area contributed by atoms with Gasteiger partial charge in [0.2, 0.25) is 5.91 Å². The quantitative estimate of drug-likeness (QED) is 0.250. The van der Waals surface area contributed by atoms with E-state index in [4.69, 9.17) is 5.73 Å². The van der Waals surface area contributed by atoms with Crippen molar-refractivity contribution >= 4 is 29.5 Å². The van der Waals surface area contributed by atoms with Gasteiger partial charge in [0, 0.05) is 12.5 Å². The number of unbranched alkanes of at least 4 members (excludes halogenated alkanes) is 1. The van der Waals surface area contributed by atoms with E-state index in [1.165, 1.54) is 0 Å². The van der Waals surface area contributed by atoms with Crippen LogP contribution in [0.3, 0.4) is 0 Å². The van der Waals surface area contributed by atoms with Crippen molar-refractivity contribution in [2.45, 2.75) is 32.1 Å². The predicted octanol–water partition coefficient (Wildman–Crippen LogP) is 2.07. The number of hydrazine groups is 2. The minimum Gasteiger partial charge on any atom is -0.361 e. The number of rotatable bonds is 11. The summed E-state index contributed by atoms with van der Waals surface area (Å²) in [6, 6.07) is 27.6. The molecule has 0 bridgehead atoms. The Morgan fingerprint density at radius 1 is 0.775 bits per heavy atom. The fourth-order valence-corrected chi connectivity index (χ4v) is 4.09. The molecule has 0 fully saturated rings. The van der Waals surface area contributed by atoms with Gasteiger partial charge in [-0.3, -0.25) is 34.7 Å². The molecule has 3 aromatic rings. The van der Waals surface area contributed by atoms with Gasteiger partial charge in [0.25, 0.3) is 0 Å². The number of carbonyl (C=O) groups is 5. The molecule has 0 unspecified atom stereocenters. The van der Waals surface area contributed by atoms with Gasteiger partial charge in [-0.15, -0.1) is 5.12 Å². The minimum atomic E-state index is -1.26. The van der Waals surface area contributed by atoms with Crippen LogP contribution in [-0.2, 0) is 30.4 Å². The Kier molecular flexibility index (Phi) is 11.1. The third-order valence-electron chi connectivity index (χ3n) is 6.12. The molecule has 0 aliphatic carbocycles. The lowest BCUT2D eigenvalue weighted by atomic mass is 9.91. The lowest BCUT2D eigenvalue weighted by Crippen LogP contribution is -2.61. The number of nitrogens with one attached hydrogen (secondary N) is 2. The van der Waals surface area contributed by atoms with Crippen molar-refractivity contribution in [1.82, 2.24) is 20.9 Å². The maximum atomic E-state index is 13.4. The molecule has 0 saturated heterocycles. The van der Waals surface area contributed by atoms with Crippen molar-refractivity contribution in [3.8, 4) is 0 Å². The van der Waals surface area contributed by atoms with E-state index < -0.39 is 29.5 Å². The number of primary amides is 1. The molecule has 0 heterocycles. The maximum absolute atomic E-state index is 13.4. The number of amides is 5. The average molecular weight is 544 g/mol. The van der Waals surface area contributed by atoms with Gasteiger partial charge in [-0.25, -0.2) is 5.01 Å².